The van der Waals surface area contributed by atoms with Crippen LogP contribution in [-0.4, -0.2) is 16.1 Å². The zero-order valence-corrected chi connectivity index (χ0v) is 12.0. The van der Waals surface area contributed by atoms with Gasteiger partial charge in [-0.05, 0) is 11.6 Å². The molecule has 1 aromatic heterocycles. The molecule has 0 aliphatic rings. The van der Waals surface area contributed by atoms with Gasteiger partial charge < -0.3 is 5.11 Å². The standard InChI is InChI=1S/C13H12BrNO2S/c14-11-4-2-1-3-9(11)7-12-15-10(8-18-12)5-6-13(16)17/h1-4,8H,5-7H2,(H,16,17). The fourth-order valence-corrected chi connectivity index (χ4v) is 2.86. The number of aromatic nitrogens is 1. The number of carboxylic acids is 1. The Labute approximate surface area is 118 Å². The van der Waals surface area contributed by atoms with E-state index in [-0.39, 0.29) is 6.42 Å². The number of halogens is 1. The van der Waals surface area contributed by atoms with Crippen molar-refractivity contribution in [2.75, 3.05) is 0 Å². The monoisotopic (exact) mass is 325 g/mol. The van der Waals surface area contributed by atoms with Crippen molar-refractivity contribution in [3.05, 3.63) is 50.4 Å². The first-order chi connectivity index (χ1) is 8.65. The second-order valence-electron chi connectivity index (χ2n) is 3.89. The smallest absolute Gasteiger partial charge is 0.303 e. The molecule has 0 saturated heterocycles. The van der Waals surface area contributed by atoms with Gasteiger partial charge in [0.05, 0.1) is 17.1 Å². The number of carbonyl (C=O) groups is 1. The number of aryl methyl sites for hydroxylation is 1. The van der Waals surface area contributed by atoms with Crippen molar-refractivity contribution >= 4 is 33.2 Å². The number of nitrogens with zero attached hydrogens (tertiary/aromatic N) is 1. The van der Waals surface area contributed by atoms with Crippen LogP contribution in [0.3, 0.4) is 0 Å². The summed E-state index contributed by atoms with van der Waals surface area (Å²) < 4.78 is 1.08. The Morgan fingerprint density at radius 1 is 1.39 bits per heavy atom. The van der Waals surface area contributed by atoms with Crippen LogP contribution in [0.4, 0.5) is 0 Å². The van der Waals surface area contributed by atoms with Crippen molar-refractivity contribution < 1.29 is 9.90 Å². The maximum absolute atomic E-state index is 10.5. The molecule has 18 heavy (non-hydrogen) atoms. The molecule has 0 fully saturated rings. The van der Waals surface area contributed by atoms with Crippen LogP contribution < -0.4 is 0 Å². The zero-order chi connectivity index (χ0) is 13.0. The Balaban J connectivity index is 2.02. The van der Waals surface area contributed by atoms with Gasteiger partial charge in [-0.2, -0.15) is 0 Å². The SMILES string of the molecule is O=C(O)CCc1csc(Cc2ccccc2Br)n1. The van der Waals surface area contributed by atoms with Gasteiger partial charge in [0.1, 0.15) is 0 Å². The molecule has 0 saturated carbocycles. The minimum atomic E-state index is -0.782. The summed E-state index contributed by atoms with van der Waals surface area (Å²) in [5.74, 6) is -0.782. The molecule has 3 nitrogen and oxygen atoms in total. The highest BCUT2D eigenvalue weighted by Crippen LogP contribution is 2.21. The largest absolute Gasteiger partial charge is 0.481 e. The van der Waals surface area contributed by atoms with Gasteiger partial charge in [-0.25, -0.2) is 4.98 Å². The van der Waals surface area contributed by atoms with Crippen LogP contribution in [0.5, 0.6) is 0 Å². The number of carboxylic acid groups (broad SMARTS) is 1. The fraction of sp³-hybridized carbons (Fsp3) is 0.231. The zero-order valence-electron chi connectivity index (χ0n) is 9.60. The average molecular weight is 326 g/mol. The summed E-state index contributed by atoms with van der Waals surface area (Å²) >= 11 is 5.09. The van der Waals surface area contributed by atoms with Crippen LogP contribution in [0.25, 0.3) is 0 Å². The molecular weight excluding hydrogens is 314 g/mol. The molecule has 1 N–H and O–H groups in total. The summed E-state index contributed by atoms with van der Waals surface area (Å²) in [5.41, 5.74) is 2.06. The van der Waals surface area contributed by atoms with Crippen LogP contribution in [0.2, 0.25) is 0 Å². The highest BCUT2D eigenvalue weighted by Gasteiger charge is 2.07. The molecule has 0 aliphatic heterocycles. The van der Waals surface area contributed by atoms with Crippen LogP contribution in [0.15, 0.2) is 34.1 Å². The van der Waals surface area contributed by atoms with Gasteiger partial charge in [0.15, 0.2) is 0 Å². The Kier molecular flexibility index (Phi) is 4.49. The lowest BCUT2D eigenvalue weighted by Gasteiger charge is -2.00. The Morgan fingerprint density at radius 3 is 2.89 bits per heavy atom. The maximum Gasteiger partial charge on any atom is 0.303 e. The van der Waals surface area contributed by atoms with E-state index in [1.807, 2.05) is 23.6 Å². The highest BCUT2D eigenvalue weighted by molar-refractivity contribution is 9.10. The van der Waals surface area contributed by atoms with Crippen molar-refractivity contribution in [3.8, 4) is 0 Å². The maximum atomic E-state index is 10.5. The van der Waals surface area contributed by atoms with E-state index >= 15 is 0 Å². The Bertz CT molecular complexity index is 553. The van der Waals surface area contributed by atoms with E-state index in [1.165, 1.54) is 5.56 Å². The normalized spacial score (nSPS) is 10.5. The summed E-state index contributed by atoms with van der Waals surface area (Å²) in [5, 5.41) is 11.6. The first-order valence-corrected chi connectivity index (χ1v) is 7.21. The topological polar surface area (TPSA) is 50.2 Å². The fourth-order valence-electron chi connectivity index (χ4n) is 1.58. The third-order valence-corrected chi connectivity index (χ3v) is 4.17. The number of hydrogen-bond donors (Lipinski definition) is 1. The second kappa shape index (κ2) is 6.11. The molecule has 0 unspecified atom stereocenters. The third-order valence-electron chi connectivity index (χ3n) is 2.49. The molecule has 0 atom stereocenters. The van der Waals surface area contributed by atoms with Gasteiger partial charge in [-0.15, -0.1) is 11.3 Å². The van der Waals surface area contributed by atoms with Gasteiger partial charge in [-0.3, -0.25) is 4.79 Å². The molecule has 0 amide bonds. The lowest BCUT2D eigenvalue weighted by molar-refractivity contribution is -0.136. The van der Waals surface area contributed by atoms with Gasteiger partial charge in [0.2, 0.25) is 0 Å². The number of hydrogen-bond acceptors (Lipinski definition) is 3. The number of rotatable bonds is 5. The predicted octanol–water partition coefficient (Wildman–Crippen LogP) is 3.51. The molecule has 1 heterocycles. The minimum Gasteiger partial charge on any atom is -0.481 e. The predicted molar refractivity (Wildman–Crippen MR) is 75.0 cm³/mol. The lowest BCUT2D eigenvalue weighted by Crippen LogP contribution is -1.98. The van der Waals surface area contributed by atoms with Crippen molar-refractivity contribution in [1.29, 1.82) is 0 Å². The Hall–Kier alpha value is -1.20. The molecule has 0 spiro atoms. The van der Waals surface area contributed by atoms with Crippen LogP contribution >= 0.6 is 27.3 Å². The van der Waals surface area contributed by atoms with Crippen LogP contribution in [0.1, 0.15) is 22.7 Å². The summed E-state index contributed by atoms with van der Waals surface area (Å²) in [6.07, 6.45) is 1.42. The molecule has 1 aromatic carbocycles. The van der Waals surface area contributed by atoms with Crippen LogP contribution in [-0.2, 0) is 17.6 Å². The number of aliphatic carboxylic acids is 1. The van der Waals surface area contributed by atoms with Gasteiger partial charge in [0.25, 0.3) is 0 Å². The average Bonchev–Trinajstić information content (AvgIpc) is 2.77. The molecule has 0 bridgehead atoms. The first-order valence-electron chi connectivity index (χ1n) is 5.53. The van der Waals surface area contributed by atoms with Gasteiger partial charge in [-0.1, -0.05) is 34.1 Å². The molecule has 94 valence electrons. The first kappa shape index (κ1) is 13.2. The van der Waals surface area contributed by atoms with E-state index in [0.717, 1.165) is 21.6 Å². The molecule has 5 heteroatoms. The van der Waals surface area contributed by atoms with E-state index in [9.17, 15) is 4.79 Å². The Morgan fingerprint density at radius 2 is 2.17 bits per heavy atom. The summed E-state index contributed by atoms with van der Waals surface area (Å²) in [6, 6.07) is 8.05. The van der Waals surface area contributed by atoms with E-state index < -0.39 is 5.97 Å². The van der Waals surface area contributed by atoms with Crippen LogP contribution in [0, 0.1) is 0 Å². The molecular formula is C13H12BrNO2S. The van der Waals surface area contributed by atoms with Gasteiger partial charge >= 0.3 is 5.97 Å². The van der Waals surface area contributed by atoms with Gasteiger partial charge in [0, 0.05) is 22.7 Å². The van der Waals surface area contributed by atoms with E-state index in [1.54, 1.807) is 11.3 Å². The minimum absolute atomic E-state index is 0.137. The molecule has 2 aromatic rings. The number of benzene rings is 1. The quantitative estimate of drug-likeness (QED) is 0.915. The van der Waals surface area contributed by atoms with E-state index in [2.05, 4.69) is 27.0 Å². The van der Waals surface area contributed by atoms with Crippen molar-refractivity contribution in [3.63, 3.8) is 0 Å². The van der Waals surface area contributed by atoms with E-state index in [4.69, 9.17) is 5.11 Å². The summed E-state index contributed by atoms with van der Waals surface area (Å²) in [4.78, 5) is 14.9. The second-order valence-corrected chi connectivity index (χ2v) is 5.69. The van der Waals surface area contributed by atoms with Crippen molar-refractivity contribution in [2.45, 2.75) is 19.3 Å². The molecule has 2 rings (SSSR count). The van der Waals surface area contributed by atoms with E-state index in [0.29, 0.717) is 6.42 Å². The number of thiazole rings is 1. The summed E-state index contributed by atoms with van der Waals surface area (Å²) in [6.45, 7) is 0. The molecule has 0 radical (unpaired) electrons. The van der Waals surface area contributed by atoms with Crippen molar-refractivity contribution in [2.24, 2.45) is 0 Å². The third kappa shape index (κ3) is 3.65. The summed E-state index contributed by atoms with van der Waals surface area (Å²) in [7, 11) is 0. The molecule has 0 aliphatic carbocycles. The highest BCUT2D eigenvalue weighted by atomic mass is 79.9. The lowest BCUT2D eigenvalue weighted by atomic mass is 10.2. The van der Waals surface area contributed by atoms with Crippen molar-refractivity contribution in [1.82, 2.24) is 4.98 Å².